The van der Waals surface area contributed by atoms with Crippen LogP contribution in [0.5, 0.6) is 0 Å². The number of hydrogen-bond acceptors (Lipinski definition) is 3. The second-order valence-electron chi connectivity index (χ2n) is 5.52. The summed E-state index contributed by atoms with van der Waals surface area (Å²) < 4.78 is 5.22. The van der Waals surface area contributed by atoms with Gasteiger partial charge in [0.1, 0.15) is 5.76 Å². The Morgan fingerprint density at radius 2 is 2.17 bits per heavy atom. The molecule has 0 fully saturated rings. The molecule has 1 heterocycles. The van der Waals surface area contributed by atoms with E-state index < -0.39 is 5.60 Å². The van der Waals surface area contributed by atoms with Gasteiger partial charge in [0.25, 0.3) is 5.91 Å². The summed E-state index contributed by atoms with van der Waals surface area (Å²) in [5, 5.41) is 12.8. The van der Waals surface area contributed by atoms with Gasteiger partial charge in [-0.3, -0.25) is 4.79 Å². The van der Waals surface area contributed by atoms with Gasteiger partial charge >= 0.3 is 0 Å². The fraction of sp³-hybridized carbons (Fsp3) is 0.643. The molecule has 0 unspecified atom stereocenters. The Bertz CT molecular complexity index is 393. The molecule has 4 heteroatoms. The third-order valence-electron chi connectivity index (χ3n) is 2.85. The van der Waals surface area contributed by atoms with Gasteiger partial charge in [0.05, 0.1) is 5.60 Å². The lowest BCUT2D eigenvalue weighted by atomic mass is 9.95. The van der Waals surface area contributed by atoms with E-state index in [-0.39, 0.29) is 18.2 Å². The van der Waals surface area contributed by atoms with E-state index in [2.05, 4.69) is 19.2 Å². The van der Waals surface area contributed by atoms with Gasteiger partial charge in [-0.15, -0.1) is 0 Å². The maximum atomic E-state index is 11.7. The van der Waals surface area contributed by atoms with Crippen LogP contribution in [0.4, 0.5) is 0 Å². The molecular weight excluding hydrogens is 230 g/mol. The Balaban J connectivity index is 2.42. The lowest BCUT2D eigenvalue weighted by Crippen LogP contribution is -2.40. The highest BCUT2D eigenvalue weighted by molar-refractivity contribution is 5.91. The predicted octanol–water partition coefficient (Wildman–Crippen LogP) is 2.51. The van der Waals surface area contributed by atoms with Crippen molar-refractivity contribution in [2.45, 2.75) is 46.1 Å². The zero-order chi connectivity index (χ0) is 13.8. The molecule has 0 saturated heterocycles. The summed E-state index contributed by atoms with van der Waals surface area (Å²) in [6.07, 6.45) is 1.60. The molecular formula is C14H23NO3. The minimum atomic E-state index is -0.873. The third-order valence-corrected chi connectivity index (χ3v) is 2.85. The Hall–Kier alpha value is -1.29. The molecule has 4 nitrogen and oxygen atoms in total. The summed E-state index contributed by atoms with van der Waals surface area (Å²) in [6, 6.07) is 3.37. The summed E-state index contributed by atoms with van der Waals surface area (Å²) in [7, 11) is 0. The molecule has 0 saturated carbocycles. The summed E-state index contributed by atoms with van der Waals surface area (Å²) in [4.78, 5) is 11.7. The first-order valence-corrected chi connectivity index (χ1v) is 6.37. The average Bonchev–Trinajstić information content (AvgIpc) is 2.70. The molecule has 1 atom stereocenters. The fourth-order valence-electron chi connectivity index (χ4n) is 1.60. The van der Waals surface area contributed by atoms with Crippen molar-refractivity contribution in [1.29, 1.82) is 0 Å². The third kappa shape index (κ3) is 4.92. The predicted molar refractivity (Wildman–Crippen MR) is 70.5 cm³/mol. The first-order chi connectivity index (χ1) is 8.30. The van der Waals surface area contributed by atoms with Crippen molar-refractivity contribution in [2.75, 3.05) is 6.54 Å². The lowest BCUT2D eigenvalue weighted by molar-refractivity contribution is 0.0423. The van der Waals surface area contributed by atoms with Crippen LogP contribution in [0, 0.1) is 12.8 Å². The first-order valence-electron chi connectivity index (χ1n) is 6.37. The van der Waals surface area contributed by atoms with Crippen LogP contribution in [-0.4, -0.2) is 23.2 Å². The van der Waals surface area contributed by atoms with E-state index in [4.69, 9.17) is 4.42 Å². The van der Waals surface area contributed by atoms with Crippen LogP contribution >= 0.6 is 0 Å². The SMILES string of the molecule is Cc1ccc(C(=O)NC[C@@](C)(O)CCC(C)C)o1. The molecule has 0 bridgehead atoms. The smallest absolute Gasteiger partial charge is 0.287 e. The number of rotatable bonds is 6. The van der Waals surface area contributed by atoms with Crippen LogP contribution in [0.2, 0.25) is 0 Å². The average molecular weight is 253 g/mol. The number of nitrogens with one attached hydrogen (secondary N) is 1. The Labute approximate surface area is 108 Å². The summed E-state index contributed by atoms with van der Waals surface area (Å²) in [5.74, 6) is 1.24. The lowest BCUT2D eigenvalue weighted by Gasteiger charge is -2.24. The maximum absolute atomic E-state index is 11.7. The number of carbonyl (C=O) groups excluding carboxylic acids is 1. The van der Waals surface area contributed by atoms with Gasteiger partial charge < -0.3 is 14.8 Å². The van der Waals surface area contributed by atoms with E-state index in [0.717, 1.165) is 6.42 Å². The second-order valence-corrected chi connectivity index (χ2v) is 5.52. The van der Waals surface area contributed by atoms with Gasteiger partial charge in [-0.2, -0.15) is 0 Å². The quantitative estimate of drug-likeness (QED) is 0.818. The molecule has 0 aliphatic rings. The van der Waals surface area contributed by atoms with Crippen LogP contribution < -0.4 is 5.32 Å². The molecule has 0 aliphatic heterocycles. The number of furan rings is 1. The topological polar surface area (TPSA) is 62.5 Å². The van der Waals surface area contributed by atoms with Gasteiger partial charge in [-0.25, -0.2) is 0 Å². The van der Waals surface area contributed by atoms with Gasteiger partial charge in [0.15, 0.2) is 5.76 Å². The molecule has 0 aliphatic carbocycles. The van der Waals surface area contributed by atoms with Crippen molar-refractivity contribution in [2.24, 2.45) is 5.92 Å². The van der Waals surface area contributed by atoms with Crippen LogP contribution in [0.15, 0.2) is 16.5 Å². The van der Waals surface area contributed by atoms with E-state index in [1.165, 1.54) is 0 Å². The summed E-state index contributed by atoms with van der Waals surface area (Å²) >= 11 is 0. The highest BCUT2D eigenvalue weighted by atomic mass is 16.3. The van der Waals surface area contributed by atoms with Gasteiger partial charge in [-0.1, -0.05) is 13.8 Å². The van der Waals surface area contributed by atoms with E-state index in [1.54, 1.807) is 26.0 Å². The zero-order valence-electron chi connectivity index (χ0n) is 11.6. The molecule has 0 aromatic carbocycles. The molecule has 1 aromatic rings. The van der Waals surface area contributed by atoms with Crippen molar-refractivity contribution >= 4 is 5.91 Å². The molecule has 1 amide bonds. The van der Waals surface area contributed by atoms with Crippen molar-refractivity contribution in [1.82, 2.24) is 5.32 Å². The largest absolute Gasteiger partial charge is 0.456 e. The monoisotopic (exact) mass is 253 g/mol. The fourth-order valence-corrected chi connectivity index (χ4v) is 1.60. The number of aliphatic hydroxyl groups is 1. The molecule has 18 heavy (non-hydrogen) atoms. The van der Waals surface area contributed by atoms with Gasteiger partial charge in [0.2, 0.25) is 0 Å². The van der Waals surface area contributed by atoms with Crippen LogP contribution in [0.1, 0.15) is 49.9 Å². The van der Waals surface area contributed by atoms with Crippen molar-refractivity contribution < 1.29 is 14.3 Å². The van der Waals surface area contributed by atoms with Crippen LogP contribution in [0.25, 0.3) is 0 Å². The van der Waals surface area contributed by atoms with Crippen molar-refractivity contribution in [3.63, 3.8) is 0 Å². The minimum Gasteiger partial charge on any atom is -0.456 e. The normalized spacial score (nSPS) is 14.6. The van der Waals surface area contributed by atoms with E-state index in [0.29, 0.717) is 18.1 Å². The van der Waals surface area contributed by atoms with Crippen molar-refractivity contribution in [3.8, 4) is 0 Å². The van der Waals surface area contributed by atoms with E-state index in [9.17, 15) is 9.90 Å². The minimum absolute atomic E-state index is 0.234. The molecule has 0 radical (unpaired) electrons. The Morgan fingerprint density at radius 3 is 2.67 bits per heavy atom. The number of carbonyl (C=O) groups is 1. The highest BCUT2D eigenvalue weighted by Crippen LogP contribution is 2.15. The summed E-state index contributed by atoms with van der Waals surface area (Å²) in [5.41, 5.74) is -0.873. The second kappa shape index (κ2) is 6.05. The number of aryl methyl sites for hydroxylation is 1. The van der Waals surface area contributed by atoms with E-state index in [1.807, 2.05) is 0 Å². The van der Waals surface area contributed by atoms with Crippen LogP contribution in [0.3, 0.4) is 0 Å². The van der Waals surface area contributed by atoms with E-state index >= 15 is 0 Å². The molecule has 2 N–H and O–H groups in total. The first kappa shape index (κ1) is 14.8. The Kier molecular flexibility index (Phi) is 4.96. The molecule has 1 aromatic heterocycles. The number of hydrogen-bond donors (Lipinski definition) is 2. The molecule has 102 valence electrons. The summed E-state index contributed by atoms with van der Waals surface area (Å²) in [6.45, 7) is 7.98. The Morgan fingerprint density at radius 1 is 1.50 bits per heavy atom. The van der Waals surface area contributed by atoms with Gasteiger partial charge in [-0.05, 0) is 44.7 Å². The van der Waals surface area contributed by atoms with Gasteiger partial charge in [0, 0.05) is 6.54 Å². The molecule has 1 rings (SSSR count). The zero-order valence-corrected chi connectivity index (χ0v) is 11.6. The van der Waals surface area contributed by atoms with Crippen molar-refractivity contribution in [3.05, 3.63) is 23.7 Å². The maximum Gasteiger partial charge on any atom is 0.287 e. The molecule has 0 spiro atoms. The number of amides is 1. The highest BCUT2D eigenvalue weighted by Gasteiger charge is 2.22. The van der Waals surface area contributed by atoms with Crippen LogP contribution in [-0.2, 0) is 0 Å². The standard InChI is InChI=1S/C14H23NO3/c1-10(2)7-8-14(4,17)9-15-13(16)12-6-5-11(3)18-12/h5-6,10,17H,7-9H2,1-4H3,(H,15,16)/t14-/m0/s1.